The Labute approximate surface area is 161 Å². The Morgan fingerprint density at radius 3 is 2.86 bits per heavy atom. The number of hydrogen-bond acceptors (Lipinski definition) is 5. The lowest BCUT2D eigenvalue weighted by Gasteiger charge is -2.33. The summed E-state index contributed by atoms with van der Waals surface area (Å²) in [4.78, 5) is 18.5. The maximum atomic E-state index is 14.0. The van der Waals surface area contributed by atoms with Crippen molar-refractivity contribution in [1.29, 1.82) is 5.26 Å². The van der Waals surface area contributed by atoms with Crippen molar-refractivity contribution in [2.45, 2.75) is 25.8 Å². The SMILES string of the molecule is Cc1cc(F)cc2c(NC3CCN(C(=O)c4ccoc4)CC3)c(C#N)cnc12. The molecule has 1 N–H and O–H groups in total. The molecule has 0 spiro atoms. The largest absolute Gasteiger partial charge is 0.472 e. The number of fused-ring (bicyclic) bond motifs is 1. The summed E-state index contributed by atoms with van der Waals surface area (Å²) in [5, 5.41) is 13.5. The summed E-state index contributed by atoms with van der Waals surface area (Å²) in [6.07, 6.45) is 5.92. The average molecular weight is 378 g/mol. The Balaban J connectivity index is 1.55. The number of carbonyl (C=O) groups excluding carboxylic acids is 1. The van der Waals surface area contributed by atoms with E-state index in [-0.39, 0.29) is 17.8 Å². The molecule has 0 radical (unpaired) electrons. The van der Waals surface area contributed by atoms with E-state index in [0.29, 0.717) is 40.8 Å². The molecule has 1 saturated heterocycles. The maximum Gasteiger partial charge on any atom is 0.257 e. The molecule has 2 aromatic heterocycles. The molecule has 142 valence electrons. The van der Waals surface area contributed by atoms with Gasteiger partial charge in [-0.15, -0.1) is 0 Å². The van der Waals surface area contributed by atoms with Crippen molar-refractivity contribution in [1.82, 2.24) is 9.88 Å². The van der Waals surface area contributed by atoms with Gasteiger partial charge in [-0.2, -0.15) is 5.26 Å². The Hall–Kier alpha value is -3.40. The number of hydrogen-bond donors (Lipinski definition) is 1. The van der Waals surface area contributed by atoms with Gasteiger partial charge in [0.25, 0.3) is 5.91 Å². The Kier molecular flexibility index (Phi) is 4.70. The smallest absolute Gasteiger partial charge is 0.257 e. The van der Waals surface area contributed by atoms with Gasteiger partial charge < -0.3 is 14.6 Å². The van der Waals surface area contributed by atoms with Gasteiger partial charge in [-0.05, 0) is 43.5 Å². The van der Waals surface area contributed by atoms with E-state index in [1.165, 1.54) is 30.9 Å². The van der Waals surface area contributed by atoms with E-state index in [2.05, 4.69) is 16.4 Å². The number of aryl methyl sites for hydroxylation is 1. The molecule has 0 atom stereocenters. The van der Waals surface area contributed by atoms with Crippen molar-refractivity contribution in [2.24, 2.45) is 0 Å². The van der Waals surface area contributed by atoms with Gasteiger partial charge in [0.2, 0.25) is 0 Å². The van der Waals surface area contributed by atoms with E-state index in [4.69, 9.17) is 4.42 Å². The van der Waals surface area contributed by atoms with Crippen LogP contribution in [0, 0.1) is 24.1 Å². The molecular formula is C21H19FN4O2. The van der Waals surface area contributed by atoms with Crippen LogP contribution in [0.3, 0.4) is 0 Å². The lowest BCUT2D eigenvalue weighted by molar-refractivity contribution is 0.0718. The molecule has 0 saturated carbocycles. The number of pyridine rings is 1. The van der Waals surface area contributed by atoms with Crippen molar-refractivity contribution in [3.63, 3.8) is 0 Å². The number of carbonyl (C=O) groups is 1. The van der Waals surface area contributed by atoms with Crippen LogP contribution in [0.15, 0.2) is 41.3 Å². The molecule has 7 heteroatoms. The third-order valence-electron chi connectivity index (χ3n) is 5.15. The highest BCUT2D eigenvalue weighted by Gasteiger charge is 2.25. The first-order valence-electron chi connectivity index (χ1n) is 9.14. The number of piperidine rings is 1. The zero-order valence-electron chi connectivity index (χ0n) is 15.4. The van der Waals surface area contributed by atoms with Crippen LogP contribution in [0.4, 0.5) is 10.1 Å². The van der Waals surface area contributed by atoms with Crippen LogP contribution in [-0.2, 0) is 0 Å². The van der Waals surface area contributed by atoms with Crippen LogP contribution in [-0.4, -0.2) is 34.9 Å². The predicted octanol–water partition coefficient (Wildman–Crippen LogP) is 3.86. The Bertz CT molecular complexity index is 1060. The zero-order valence-corrected chi connectivity index (χ0v) is 15.4. The summed E-state index contributed by atoms with van der Waals surface area (Å²) in [6, 6.07) is 6.72. The van der Waals surface area contributed by atoms with Crippen LogP contribution >= 0.6 is 0 Å². The van der Waals surface area contributed by atoms with Crippen LogP contribution < -0.4 is 5.32 Å². The quantitative estimate of drug-likeness (QED) is 0.748. The van der Waals surface area contributed by atoms with Crippen LogP contribution in [0.1, 0.15) is 34.3 Å². The van der Waals surface area contributed by atoms with Gasteiger partial charge in [0, 0.05) is 30.7 Å². The number of amides is 1. The minimum absolute atomic E-state index is 0.0445. The van der Waals surface area contributed by atoms with Gasteiger partial charge in [0.1, 0.15) is 18.1 Å². The minimum atomic E-state index is -0.356. The molecule has 0 unspecified atom stereocenters. The van der Waals surface area contributed by atoms with Gasteiger partial charge in [-0.3, -0.25) is 9.78 Å². The minimum Gasteiger partial charge on any atom is -0.472 e. The molecule has 4 rings (SSSR count). The van der Waals surface area contributed by atoms with Gasteiger partial charge in [-0.25, -0.2) is 4.39 Å². The van der Waals surface area contributed by atoms with Crippen LogP contribution in [0.25, 0.3) is 10.9 Å². The van der Waals surface area contributed by atoms with E-state index in [0.717, 1.165) is 18.4 Å². The molecule has 0 bridgehead atoms. The number of likely N-dealkylation sites (tertiary alicyclic amines) is 1. The second-order valence-corrected chi connectivity index (χ2v) is 7.00. The zero-order chi connectivity index (χ0) is 19.7. The summed E-state index contributed by atoms with van der Waals surface area (Å²) in [5.41, 5.74) is 2.94. The normalized spacial score (nSPS) is 14.8. The van der Waals surface area contributed by atoms with Gasteiger partial charge in [0.15, 0.2) is 0 Å². The number of rotatable bonds is 3. The monoisotopic (exact) mass is 378 g/mol. The van der Waals surface area contributed by atoms with E-state index in [9.17, 15) is 14.4 Å². The van der Waals surface area contributed by atoms with Gasteiger partial charge in [0.05, 0.1) is 28.6 Å². The lowest BCUT2D eigenvalue weighted by Crippen LogP contribution is -2.42. The fraction of sp³-hybridized carbons (Fsp3) is 0.286. The Morgan fingerprint density at radius 1 is 1.39 bits per heavy atom. The third-order valence-corrected chi connectivity index (χ3v) is 5.15. The summed E-state index contributed by atoms with van der Waals surface area (Å²) in [5.74, 6) is -0.401. The van der Waals surface area contributed by atoms with E-state index in [1.807, 2.05) is 0 Å². The number of benzene rings is 1. The number of nitrogens with one attached hydrogen (secondary N) is 1. The van der Waals surface area contributed by atoms with E-state index >= 15 is 0 Å². The molecule has 6 nitrogen and oxygen atoms in total. The van der Waals surface area contributed by atoms with Gasteiger partial charge in [-0.1, -0.05) is 0 Å². The summed E-state index contributed by atoms with van der Waals surface area (Å²) < 4.78 is 19.0. The molecule has 1 aromatic carbocycles. The summed E-state index contributed by atoms with van der Waals surface area (Å²) >= 11 is 0. The number of furan rings is 1. The van der Waals surface area contributed by atoms with Gasteiger partial charge >= 0.3 is 0 Å². The molecule has 1 aliphatic heterocycles. The average Bonchev–Trinajstić information content (AvgIpc) is 3.23. The van der Waals surface area contributed by atoms with Crippen molar-refractivity contribution >= 4 is 22.5 Å². The third kappa shape index (κ3) is 3.29. The van der Waals surface area contributed by atoms with Crippen molar-refractivity contribution in [2.75, 3.05) is 18.4 Å². The standard InChI is InChI=1S/C21H19FN4O2/c1-13-8-16(22)9-18-19(13)24-11-15(10-23)20(18)25-17-2-5-26(6-3-17)21(27)14-4-7-28-12-14/h4,7-9,11-12,17H,2-3,5-6H2,1H3,(H,24,25). The van der Waals surface area contributed by atoms with E-state index < -0.39 is 0 Å². The second-order valence-electron chi connectivity index (χ2n) is 7.00. The van der Waals surface area contributed by atoms with Crippen molar-refractivity contribution in [3.05, 3.63) is 59.4 Å². The highest BCUT2D eigenvalue weighted by Crippen LogP contribution is 2.30. The number of halogens is 1. The number of anilines is 1. The molecule has 28 heavy (non-hydrogen) atoms. The van der Waals surface area contributed by atoms with Crippen LogP contribution in [0.5, 0.6) is 0 Å². The Morgan fingerprint density at radius 2 is 2.18 bits per heavy atom. The first-order chi connectivity index (χ1) is 13.6. The summed E-state index contributed by atoms with van der Waals surface area (Å²) in [6.45, 7) is 2.99. The fourth-order valence-corrected chi connectivity index (χ4v) is 3.68. The maximum absolute atomic E-state index is 14.0. The predicted molar refractivity (Wildman–Crippen MR) is 102 cm³/mol. The molecule has 0 aliphatic carbocycles. The highest BCUT2D eigenvalue weighted by atomic mass is 19.1. The first-order valence-corrected chi connectivity index (χ1v) is 9.14. The van der Waals surface area contributed by atoms with Crippen molar-refractivity contribution < 1.29 is 13.6 Å². The fourth-order valence-electron chi connectivity index (χ4n) is 3.68. The number of nitriles is 1. The molecule has 1 aliphatic rings. The number of nitrogens with zero attached hydrogens (tertiary/aromatic N) is 3. The highest BCUT2D eigenvalue weighted by molar-refractivity contribution is 5.96. The molecule has 3 heterocycles. The van der Waals surface area contributed by atoms with Crippen molar-refractivity contribution in [3.8, 4) is 6.07 Å². The second kappa shape index (κ2) is 7.31. The molecular weight excluding hydrogens is 359 g/mol. The first kappa shape index (κ1) is 18.0. The van der Waals surface area contributed by atoms with Crippen LogP contribution in [0.2, 0.25) is 0 Å². The summed E-state index contributed by atoms with van der Waals surface area (Å²) in [7, 11) is 0. The number of aromatic nitrogens is 1. The van der Waals surface area contributed by atoms with E-state index in [1.54, 1.807) is 17.9 Å². The molecule has 1 fully saturated rings. The topological polar surface area (TPSA) is 82.2 Å². The lowest BCUT2D eigenvalue weighted by atomic mass is 10.0. The molecule has 1 amide bonds. The molecule has 3 aromatic rings.